The van der Waals surface area contributed by atoms with Gasteiger partial charge in [0.05, 0.1) is 19.8 Å². The molecule has 0 aliphatic heterocycles. The fraction of sp³-hybridized carbons (Fsp3) is 0.278. The number of hydrogen-bond donors (Lipinski definition) is 2. The Hall–Kier alpha value is -1.78. The second kappa shape index (κ2) is 8.61. The summed E-state index contributed by atoms with van der Waals surface area (Å²) in [5.41, 5.74) is 1.15. The van der Waals surface area contributed by atoms with Crippen LogP contribution in [0.2, 0.25) is 0 Å². The largest absolute Gasteiger partial charge is 0.343 e. The first-order valence-electron chi connectivity index (χ1n) is 7.46. The smallest absolute Gasteiger partial charge is 0.231 e. The molecule has 0 fully saturated rings. The number of benzene rings is 2. The maximum atomic E-state index is 12.2. The van der Waals surface area contributed by atoms with Crippen LogP contribution in [0.25, 0.3) is 0 Å². The molecule has 116 valence electrons. The normalized spacial score (nSPS) is 12.1. The summed E-state index contributed by atoms with van der Waals surface area (Å²) in [4.78, 5) is 14.7. The van der Waals surface area contributed by atoms with Gasteiger partial charge in [0.15, 0.2) is 0 Å². The highest BCUT2D eigenvalue weighted by Crippen LogP contribution is 2.17. The number of amides is 1. The van der Waals surface area contributed by atoms with Crippen LogP contribution in [0.1, 0.15) is 11.6 Å². The average molecular weight is 315 g/mol. The summed E-state index contributed by atoms with van der Waals surface area (Å²) in [5, 5.41) is 3.15. The molecule has 0 aliphatic carbocycles. The van der Waals surface area contributed by atoms with Gasteiger partial charge in [0.25, 0.3) is 0 Å². The van der Waals surface area contributed by atoms with Crippen molar-refractivity contribution in [3.05, 3.63) is 66.2 Å². The van der Waals surface area contributed by atoms with Gasteiger partial charge in [0.2, 0.25) is 5.91 Å². The van der Waals surface area contributed by atoms with Crippen molar-refractivity contribution in [3.63, 3.8) is 0 Å². The molecule has 0 aliphatic rings. The molecule has 2 aromatic carbocycles. The van der Waals surface area contributed by atoms with Gasteiger partial charge in [-0.1, -0.05) is 48.5 Å². The number of hydrogen-bond acceptors (Lipinski definition) is 2. The van der Waals surface area contributed by atoms with E-state index in [4.69, 9.17) is 0 Å². The Morgan fingerprint density at radius 3 is 2.23 bits per heavy atom. The highest BCUT2D eigenvalue weighted by molar-refractivity contribution is 8.00. The lowest BCUT2D eigenvalue weighted by Gasteiger charge is -2.20. The summed E-state index contributed by atoms with van der Waals surface area (Å²) < 4.78 is 0. The Morgan fingerprint density at radius 1 is 1.05 bits per heavy atom. The topological polar surface area (TPSA) is 33.5 Å². The van der Waals surface area contributed by atoms with E-state index in [-0.39, 0.29) is 11.9 Å². The quantitative estimate of drug-likeness (QED) is 0.764. The van der Waals surface area contributed by atoms with Crippen LogP contribution >= 0.6 is 11.8 Å². The van der Waals surface area contributed by atoms with Gasteiger partial charge in [-0.3, -0.25) is 4.79 Å². The van der Waals surface area contributed by atoms with E-state index < -0.39 is 0 Å². The number of quaternary nitrogens is 1. The van der Waals surface area contributed by atoms with Crippen LogP contribution in [0.4, 0.5) is 0 Å². The molecular weight excluding hydrogens is 292 g/mol. The van der Waals surface area contributed by atoms with Gasteiger partial charge in [-0.05, 0) is 17.7 Å². The van der Waals surface area contributed by atoms with E-state index in [9.17, 15) is 4.79 Å². The van der Waals surface area contributed by atoms with Gasteiger partial charge in [-0.25, -0.2) is 0 Å². The highest BCUT2D eigenvalue weighted by atomic mass is 32.2. The third-order valence-electron chi connectivity index (χ3n) is 3.26. The third kappa shape index (κ3) is 5.54. The molecule has 0 radical (unpaired) electrons. The molecule has 1 atom stereocenters. The standard InChI is InChI=1S/C18H22N2OS/c1-20(2)13-17(15-9-5-3-6-10-15)19-18(21)14-22-16-11-7-4-8-12-16/h3-12,17H,13-14H2,1-2H3,(H,19,21)/p+1/t17-/m1/s1. The van der Waals surface area contributed by atoms with Gasteiger partial charge in [-0.15, -0.1) is 11.8 Å². The molecule has 2 rings (SSSR count). The Labute approximate surface area is 136 Å². The van der Waals surface area contributed by atoms with Crippen LogP contribution in [-0.4, -0.2) is 32.3 Å². The van der Waals surface area contributed by atoms with Crippen LogP contribution < -0.4 is 10.2 Å². The van der Waals surface area contributed by atoms with Crippen LogP contribution in [0, 0.1) is 0 Å². The first-order valence-corrected chi connectivity index (χ1v) is 8.45. The summed E-state index contributed by atoms with van der Waals surface area (Å²) >= 11 is 1.57. The zero-order valence-corrected chi connectivity index (χ0v) is 13.9. The molecule has 0 saturated carbocycles. The van der Waals surface area contributed by atoms with E-state index in [0.29, 0.717) is 5.75 Å². The molecule has 1 amide bonds. The van der Waals surface area contributed by atoms with Gasteiger partial charge in [-0.2, -0.15) is 0 Å². The average Bonchev–Trinajstić information content (AvgIpc) is 2.54. The third-order valence-corrected chi connectivity index (χ3v) is 4.27. The first kappa shape index (κ1) is 16.6. The Kier molecular flexibility index (Phi) is 6.49. The van der Waals surface area contributed by atoms with E-state index in [1.807, 2.05) is 48.5 Å². The second-order valence-corrected chi connectivity index (χ2v) is 6.59. The minimum absolute atomic E-state index is 0.0510. The van der Waals surface area contributed by atoms with Gasteiger partial charge in [0.1, 0.15) is 12.6 Å². The zero-order valence-electron chi connectivity index (χ0n) is 13.1. The van der Waals surface area contributed by atoms with Gasteiger partial charge in [0, 0.05) is 4.90 Å². The zero-order chi connectivity index (χ0) is 15.8. The monoisotopic (exact) mass is 315 g/mol. The number of nitrogens with one attached hydrogen (secondary N) is 2. The second-order valence-electron chi connectivity index (χ2n) is 5.54. The molecular formula is C18H23N2OS+. The summed E-state index contributed by atoms with van der Waals surface area (Å²) in [6.45, 7) is 0.867. The molecule has 22 heavy (non-hydrogen) atoms. The van der Waals surface area contributed by atoms with Crippen molar-refractivity contribution in [2.75, 3.05) is 26.4 Å². The lowest BCUT2D eigenvalue weighted by molar-refractivity contribution is -0.860. The molecule has 0 spiro atoms. The molecule has 0 bridgehead atoms. The molecule has 0 aromatic heterocycles. The van der Waals surface area contributed by atoms with E-state index in [1.54, 1.807) is 11.8 Å². The predicted octanol–water partition coefficient (Wildman–Crippen LogP) is 1.78. The van der Waals surface area contributed by atoms with Crippen molar-refractivity contribution in [1.29, 1.82) is 0 Å². The summed E-state index contributed by atoms with van der Waals surface area (Å²) in [7, 11) is 4.20. The molecule has 2 N–H and O–H groups in total. The number of carbonyl (C=O) groups excluding carboxylic acids is 1. The maximum Gasteiger partial charge on any atom is 0.231 e. The van der Waals surface area contributed by atoms with E-state index in [0.717, 1.165) is 17.0 Å². The van der Waals surface area contributed by atoms with Crippen LogP contribution in [0.5, 0.6) is 0 Å². The molecule has 4 heteroatoms. The van der Waals surface area contributed by atoms with Crippen LogP contribution in [-0.2, 0) is 4.79 Å². The molecule has 0 heterocycles. The highest BCUT2D eigenvalue weighted by Gasteiger charge is 2.17. The number of rotatable bonds is 7. The maximum absolute atomic E-state index is 12.2. The van der Waals surface area contributed by atoms with Crippen molar-refractivity contribution in [2.24, 2.45) is 0 Å². The number of likely N-dealkylation sites (N-methyl/N-ethyl adjacent to an activating group) is 1. The van der Waals surface area contributed by atoms with Crippen molar-refractivity contribution in [1.82, 2.24) is 5.32 Å². The van der Waals surface area contributed by atoms with Crippen molar-refractivity contribution in [3.8, 4) is 0 Å². The minimum atomic E-state index is 0.0510. The lowest BCUT2D eigenvalue weighted by Crippen LogP contribution is -3.06. The first-order chi connectivity index (χ1) is 10.6. The Morgan fingerprint density at radius 2 is 1.64 bits per heavy atom. The van der Waals surface area contributed by atoms with Crippen molar-refractivity contribution >= 4 is 17.7 Å². The molecule has 2 aromatic rings. The van der Waals surface area contributed by atoms with E-state index >= 15 is 0 Å². The fourth-order valence-electron chi connectivity index (χ4n) is 2.25. The molecule has 0 saturated heterocycles. The number of carbonyl (C=O) groups is 1. The van der Waals surface area contributed by atoms with Crippen molar-refractivity contribution < 1.29 is 9.69 Å². The van der Waals surface area contributed by atoms with Gasteiger partial charge >= 0.3 is 0 Å². The summed E-state index contributed by atoms with van der Waals surface area (Å²) in [6.07, 6.45) is 0. The Bertz CT molecular complexity index is 572. The Balaban J connectivity index is 1.93. The lowest BCUT2D eigenvalue weighted by atomic mass is 10.1. The van der Waals surface area contributed by atoms with Crippen LogP contribution in [0.15, 0.2) is 65.6 Å². The van der Waals surface area contributed by atoms with E-state index in [1.165, 1.54) is 4.90 Å². The molecule has 3 nitrogen and oxygen atoms in total. The summed E-state index contributed by atoms with van der Waals surface area (Å²) in [5.74, 6) is 0.514. The SMILES string of the molecule is C[NH+](C)C[C@@H](NC(=O)CSc1ccccc1)c1ccccc1. The predicted molar refractivity (Wildman–Crippen MR) is 92.2 cm³/mol. The van der Waals surface area contributed by atoms with Crippen LogP contribution in [0.3, 0.4) is 0 Å². The summed E-state index contributed by atoms with van der Waals surface area (Å²) in [6, 6.07) is 20.2. The number of thioether (sulfide) groups is 1. The minimum Gasteiger partial charge on any atom is -0.343 e. The van der Waals surface area contributed by atoms with E-state index in [2.05, 4.69) is 31.5 Å². The molecule has 0 unspecified atom stereocenters. The van der Waals surface area contributed by atoms with Gasteiger partial charge < -0.3 is 10.2 Å². The van der Waals surface area contributed by atoms with Crippen molar-refractivity contribution in [2.45, 2.75) is 10.9 Å². The fourth-order valence-corrected chi connectivity index (χ4v) is 2.98.